The molecule has 8 heteroatoms. The minimum atomic E-state index is -5.02. The summed E-state index contributed by atoms with van der Waals surface area (Å²) in [7, 11) is 2.16. The number of halogens is 6. The fraction of sp³-hybridized carbons (Fsp3) is 0.500. The lowest BCUT2D eigenvalue weighted by Gasteiger charge is -2.26. The van der Waals surface area contributed by atoms with Crippen molar-refractivity contribution in [2.24, 2.45) is 0 Å². The van der Waals surface area contributed by atoms with E-state index in [1.54, 1.807) is 0 Å². The van der Waals surface area contributed by atoms with E-state index in [4.69, 9.17) is 0 Å². The molecule has 22 heavy (non-hydrogen) atoms. The molecule has 1 aromatic rings. The molecule has 0 amide bonds. The first kappa shape index (κ1) is 17.3. The van der Waals surface area contributed by atoms with Crippen molar-refractivity contribution in [3.8, 4) is 0 Å². The van der Waals surface area contributed by atoms with Crippen LogP contribution in [0.15, 0.2) is 18.2 Å². The van der Waals surface area contributed by atoms with E-state index in [1.807, 2.05) is 0 Å². The number of hydrogen-bond acceptors (Lipinski definition) is 1. The molecule has 0 aliphatic heterocycles. The zero-order valence-corrected chi connectivity index (χ0v) is 12.5. The Balaban J connectivity index is 2.68. The van der Waals surface area contributed by atoms with Gasteiger partial charge in [-0.1, -0.05) is 18.9 Å². The van der Waals surface area contributed by atoms with Crippen molar-refractivity contribution >= 4 is 15.0 Å². The summed E-state index contributed by atoms with van der Waals surface area (Å²) < 4.78 is 78.4. The number of carbonyl (C=O) groups is 1. The fourth-order valence-electron chi connectivity index (χ4n) is 2.75. The molecule has 122 valence electrons. The van der Waals surface area contributed by atoms with Crippen molar-refractivity contribution < 1.29 is 31.1 Å². The van der Waals surface area contributed by atoms with Gasteiger partial charge in [0.2, 0.25) is 0 Å². The summed E-state index contributed by atoms with van der Waals surface area (Å²) in [6.07, 6.45) is -8.31. The van der Waals surface area contributed by atoms with Crippen LogP contribution >= 0.6 is 9.24 Å². The Morgan fingerprint density at radius 3 is 1.73 bits per heavy atom. The number of benzene rings is 1. The van der Waals surface area contributed by atoms with E-state index in [2.05, 4.69) is 9.24 Å². The van der Waals surface area contributed by atoms with Crippen LogP contribution in [0.4, 0.5) is 26.3 Å². The average molecular weight is 342 g/mol. The van der Waals surface area contributed by atoms with Gasteiger partial charge in [0, 0.05) is 10.7 Å². The predicted molar refractivity (Wildman–Crippen MR) is 71.7 cm³/mol. The van der Waals surface area contributed by atoms with Crippen LogP contribution in [0, 0.1) is 0 Å². The Morgan fingerprint density at radius 1 is 0.955 bits per heavy atom. The lowest BCUT2D eigenvalue weighted by atomic mass is 9.88. The molecule has 0 saturated heterocycles. The molecule has 0 N–H and O–H groups in total. The summed E-state index contributed by atoms with van der Waals surface area (Å²) in [6, 6.07) is 1.71. The lowest BCUT2D eigenvalue weighted by molar-refractivity contribution is -0.143. The molecular formula is C14H13F6OP. The van der Waals surface area contributed by atoms with E-state index in [9.17, 15) is 31.1 Å². The second-order valence-electron chi connectivity index (χ2n) is 5.42. The normalized spacial score (nSPS) is 18.5. The number of rotatable bonds is 2. The highest BCUT2D eigenvalue weighted by molar-refractivity contribution is 7.21. The number of hydrogen-bond donors (Lipinski definition) is 0. The van der Waals surface area contributed by atoms with Gasteiger partial charge < -0.3 is 0 Å². The van der Waals surface area contributed by atoms with Gasteiger partial charge in [0.05, 0.1) is 11.1 Å². The molecule has 0 aromatic heterocycles. The molecule has 1 aromatic carbocycles. The van der Waals surface area contributed by atoms with Gasteiger partial charge in [0.25, 0.3) is 0 Å². The summed E-state index contributed by atoms with van der Waals surface area (Å²) in [5.74, 6) is -1.10. The van der Waals surface area contributed by atoms with Gasteiger partial charge in [-0.15, -0.1) is 9.24 Å². The molecule has 1 aliphatic rings. The zero-order valence-electron chi connectivity index (χ0n) is 11.3. The second-order valence-corrected chi connectivity index (χ2v) is 6.52. The topological polar surface area (TPSA) is 17.1 Å². The quantitative estimate of drug-likeness (QED) is 0.415. The summed E-state index contributed by atoms with van der Waals surface area (Å²) in [5.41, 5.74) is -4.32. The van der Waals surface area contributed by atoms with Gasteiger partial charge in [-0.25, -0.2) is 0 Å². The zero-order chi connectivity index (χ0) is 16.8. The van der Waals surface area contributed by atoms with Crippen molar-refractivity contribution in [2.75, 3.05) is 0 Å². The Labute approximate surface area is 125 Å². The molecule has 1 saturated carbocycles. The third kappa shape index (κ3) is 3.14. The number of ketones is 1. The third-order valence-electron chi connectivity index (χ3n) is 3.85. The van der Waals surface area contributed by atoms with Crippen LogP contribution in [0.5, 0.6) is 0 Å². The highest BCUT2D eigenvalue weighted by Gasteiger charge is 2.47. The maximum absolute atomic E-state index is 13.1. The Hall–Kier alpha value is -1.10. The number of Topliss-reactive ketones (excluding diaryl/α,β-unsaturated/α-hetero) is 1. The number of alkyl halides is 6. The fourth-order valence-corrected chi connectivity index (χ4v) is 3.30. The molecule has 1 unspecified atom stereocenters. The van der Waals surface area contributed by atoms with E-state index >= 15 is 0 Å². The molecule has 2 rings (SSSR count). The first-order valence-corrected chi connectivity index (χ1v) is 7.16. The minimum Gasteiger partial charge on any atom is -0.293 e. The summed E-state index contributed by atoms with van der Waals surface area (Å²) in [5, 5.41) is -1.25. The number of carbonyl (C=O) groups excluding carboxylic acids is 1. The van der Waals surface area contributed by atoms with Crippen LogP contribution in [-0.2, 0) is 12.4 Å². The van der Waals surface area contributed by atoms with Crippen molar-refractivity contribution in [2.45, 2.75) is 43.2 Å². The monoisotopic (exact) mass is 342 g/mol. The van der Waals surface area contributed by atoms with Crippen molar-refractivity contribution in [3.05, 3.63) is 34.9 Å². The predicted octanol–water partition coefficient (Wildman–Crippen LogP) is 5.09. The Bertz CT molecular complexity index is 552. The molecule has 0 radical (unpaired) electrons. The van der Waals surface area contributed by atoms with E-state index in [-0.39, 0.29) is 12.8 Å². The van der Waals surface area contributed by atoms with E-state index < -0.39 is 40.0 Å². The van der Waals surface area contributed by atoms with Crippen molar-refractivity contribution in [1.29, 1.82) is 0 Å². The van der Waals surface area contributed by atoms with Crippen LogP contribution in [0.1, 0.15) is 47.2 Å². The molecule has 1 atom stereocenters. The highest BCUT2D eigenvalue weighted by atomic mass is 31.0. The Morgan fingerprint density at radius 2 is 1.36 bits per heavy atom. The van der Waals surface area contributed by atoms with Crippen LogP contribution < -0.4 is 0 Å². The van der Waals surface area contributed by atoms with Crippen LogP contribution in [0.3, 0.4) is 0 Å². The molecule has 0 spiro atoms. The van der Waals surface area contributed by atoms with Crippen LogP contribution in [0.2, 0.25) is 0 Å². The van der Waals surface area contributed by atoms with Gasteiger partial charge in [-0.2, -0.15) is 26.3 Å². The largest absolute Gasteiger partial charge is 0.417 e. The smallest absolute Gasteiger partial charge is 0.293 e. The summed E-state index contributed by atoms with van der Waals surface area (Å²) >= 11 is 0. The molecule has 1 fully saturated rings. The maximum atomic E-state index is 13.1. The SMILES string of the molecule is O=C(c1c(C(F)(F)F)cccc1C(F)(F)F)C1(P)CCCC1. The highest BCUT2D eigenvalue weighted by Crippen LogP contribution is 2.46. The maximum Gasteiger partial charge on any atom is 0.417 e. The van der Waals surface area contributed by atoms with Gasteiger partial charge >= 0.3 is 12.4 Å². The third-order valence-corrected chi connectivity index (χ3v) is 4.69. The Kier molecular flexibility index (Phi) is 4.33. The van der Waals surface area contributed by atoms with Crippen LogP contribution in [0.25, 0.3) is 0 Å². The van der Waals surface area contributed by atoms with Gasteiger partial charge in [0.1, 0.15) is 0 Å². The second kappa shape index (κ2) is 5.52. The van der Waals surface area contributed by atoms with E-state index in [0.717, 1.165) is 0 Å². The van der Waals surface area contributed by atoms with Gasteiger partial charge in [0.15, 0.2) is 5.78 Å². The minimum absolute atomic E-state index is 0.264. The van der Waals surface area contributed by atoms with E-state index in [1.165, 1.54) is 0 Å². The van der Waals surface area contributed by atoms with Crippen molar-refractivity contribution in [1.82, 2.24) is 0 Å². The van der Waals surface area contributed by atoms with Gasteiger partial charge in [-0.05, 0) is 25.0 Å². The summed E-state index contributed by atoms with van der Waals surface area (Å²) in [6.45, 7) is 0. The van der Waals surface area contributed by atoms with E-state index in [0.29, 0.717) is 31.0 Å². The molecular weight excluding hydrogens is 329 g/mol. The van der Waals surface area contributed by atoms with Crippen molar-refractivity contribution in [3.63, 3.8) is 0 Å². The summed E-state index contributed by atoms with van der Waals surface area (Å²) in [4.78, 5) is 12.5. The molecule has 0 bridgehead atoms. The molecule has 1 nitrogen and oxygen atoms in total. The van der Waals surface area contributed by atoms with Crippen LogP contribution in [-0.4, -0.2) is 10.9 Å². The first-order chi connectivity index (χ1) is 9.97. The lowest BCUT2D eigenvalue weighted by Crippen LogP contribution is -2.32. The average Bonchev–Trinajstić information content (AvgIpc) is 2.83. The first-order valence-electron chi connectivity index (χ1n) is 6.58. The van der Waals surface area contributed by atoms with Gasteiger partial charge in [-0.3, -0.25) is 4.79 Å². The standard InChI is InChI=1S/C14H13F6OP/c15-13(16,17)8-4-3-5-9(14(18,19)20)10(8)11(21)12(22)6-1-2-7-12/h3-5H,1-2,6-7,22H2. The molecule has 0 heterocycles. The molecule has 1 aliphatic carbocycles.